The molecular weight excluding hydrogens is 583 g/mol. The Balaban J connectivity index is 6.81. The highest BCUT2D eigenvalue weighted by atomic mass is 19.4. The van der Waals surface area contributed by atoms with Gasteiger partial charge in [0.25, 0.3) is 0 Å². The van der Waals surface area contributed by atoms with Crippen molar-refractivity contribution in [3.8, 4) is 0 Å². The lowest BCUT2D eigenvalue weighted by molar-refractivity contribution is -0.465. The van der Waals surface area contributed by atoms with Crippen molar-refractivity contribution in [2.24, 2.45) is 0 Å². The maximum atomic E-state index is 13.3. The zero-order chi connectivity index (χ0) is 29.3. The molecule has 0 aromatic carbocycles. The van der Waals surface area contributed by atoms with Crippen LogP contribution in [0.4, 0.5) is 101 Å². The molecule has 0 heterocycles. The van der Waals surface area contributed by atoms with Gasteiger partial charge in [0.1, 0.15) is 0 Å². The number of rotatable bonds is 10. The van der Waals surface area contributed by atoms with E-state index in [-0.39, 0.29) is 0 Å². The first-order valence-electron chi connectivity index (χ1n) is 7.24. The van der Waals surface area contributed by atoms with Gasteiger partial charge in [-0.05, 0) is 0 Å². The molecular formula is C11H2F23N. The number of halogens is 23. The fraction of sp³-hybridized carbons (Fsp3) is 1.00. The zero-order valence-corrected chi connectivity index (χ0v) is 14.8. The largest absolute Gasteiger partial charge is 0.460 e. The van der Waals surface area contributed by atoms with Crippen molar-refractivity contribution >= 4 is 0 Å². The van der Waals surface area contributed by atoms with Crippen molar-refractivity contribution in [3.63, 3.8) is 0 Å². The van der Waals surface area contributed by atoms with Crippen LogP contribution in [0.15, 0.2) is 0 Å². The number of alkyl halides is 21. The van der Waals surface area contributed by atoms with Crippen molar-refractivity contribution < 1.29 is 101 Å². The maximum absolute atomic E-state index is 13.3. The standard InChI is InChI=1S/C11H2F23N/c12-2(13,1-3(14,15)11(31,32)35(33)34)4(16,17)5(18,19)6(20,21)7(22,23)8(24,25)9(26,27)10(28,29)30/h1H2. The fourth-order valence-electron chi connectivity index (χ4n) is 1.82. The fourth-order valence-corrected chi connectivity index (χ4v) is 1.82. The van der Waals surface area contributed by atoms with Gasteiger partial charge in [0.05, 0.1) is 11.8 Å². The highest BCUT2D eigenvalue weighted by Crippen LogP contribution is 2.64. The molecule has 0 aliphatic rings. The van der Waals surface area contributed by atoms with Gasteiger partial charge in [-0.25, -0.2) is 0 Å². The molecule has 0 bridgehead atoms. The second kappa shape index (κ2) is 8.18. The molecule has 0 spiro atoms. The Morgan fingerprint density at radius 2 is 0.600 bits per heavy atom. The lowest BCUT2D eigenvalue weighted by Crippen LogP contribution is -2.74. The Kier molecular flexibility index (Phi) is 7.79. The molecule has 1 nitrogen and oxygen atoms in total. The Labute approximate surface area is 174 Å². The summed E-state index contributed by atoms with van der Waals surface area (Å²) >= 11 is 0. The van der Waals surface area contributed by atoms with Gasteiger partial charge in [0.2, 0.25) is 0 Å². The summed E-state index contributed by atoms with van der Waals surface area (Å²) < 4.78 is 293. The van der Waals surface area contributed by atoms with E-state index in [1.807, 2.05) is 0 Å². The molecule has 0 rings (SSSR count). The zero-order valence-electron chi connectivity index (χ0n) is 14.8. The highest BCUT2D eigenvalue weighted by molar-refractivity contribution is 5.15. The Bertz CT molecular complexity index is 758. The summed E-state index contributed by atoms with van der Waals surface area (Å²) in [7, 11) is 0. The molecule has 0 unspecified atom stereocenters. The summed E-state index contributed by atoms with van der Waals surface area (Å²) in [4.78, 5) is 0. The summed E-state index contributed by atoms with van der Waals surface area (Å²) in [6.45, 7) is 0. The summed E-state index contributed by atoms with van der Waals surface area (Å²) in [5, 5.41) is -4.00. The van der Waals surface area contributed by atoms with Crippen LogP contribution in [-0.2, 0) is 0 Å². The Morgan fingerprint density at radius 3 is 0.857 bits per heavy atom. The van der Waals surface area contributed by atoms with Crippen LogP contribution in [0.2, 0.25) is 0 Å². The minimum Gasteiger partial charge on any atom is -0.199 e. The minimum atomic E-state index is -9.13. The third-order valence-corrected chi connectivity index (χ3v) is 3.88. The second-order valence-electron chi connectivity index (χ2n) is 6.30. The Morgan fingerprint density at radius 1 is 0.343 bits per heavy atom. The monoisotopic (exact) mass is 585 g/mol. The van der Waals surface area contributed by atoms with Gasteiger partial charge < -0.3 is 0 Å². The molecule has 35 heavy (non-hydrogen) atoms. The van der Waals surface area contributed by atoms with E-state index in [1.54, 1.807) is 0 Å². The average molecular weight is 585 g/mol. The van der Waals surface area contributed by atoms with E-state index in [0.29, 0.717) is 0 Å². The van der Waals surface area contributed by atoms with E-state index in [2.05, 4.69) is 0 Å². The number of hydrogen-bond acceptors (Lipinski definition) is 1. The summed E-state index contributed by atoms with van der Waals surface area (Å²) in [5.74, 6) is -68.6. The molecule has 0 atom stereocenters. The molecule has 0 aromatic rings. The van der Waals surface area contributed by atoms with Crippen molar-refractivity contribution in [3.05, 3.63) is 0 Å². The van der Waals surface area contributed by atoms with Gasteiger partial charge in [-0.3, -0.25) is 0 Å². The van der Waals surface area contributed by atoms with Crippen molar-refractivity contribution in [2.75, 3.05) is 0 Å². The van der Waals surface area contributed by atoms with Crippen LogP contribution < -0.4 is 0 Å². The molecule has 0 N–H and O–H groups in total. The summed E-state index contributed by atoms with van der Waals surface area (Å²) in [5.41, 5.74) is 0. The lowest BCUT2D eigenvalue weighted by atomic mass is 9.87. The third-order valence-electron chi connectivity index (χ3n) is 3.88. The second-order valence-corrected chi connectivity index (χ2v) is 6.30. The molecule has 0 fully saturated rings. The number of hydrogen-bond donors (Lipinski definition) is 0. The maximum Gasteiger partial charge on any atom is 0.460 e. The van der Waals surface area contributed by atoms with Crippen molar-refractivity contribution in [1.29, 1.82) is 0 Å². The van der Waals surface area contributed by atoms with Gasteiger partial charge in [-0.2, -0.15) is 92.2 Å². The van der Waals surface area contributed by atoms with Crippen LogP contribution in [-0.4, -0.2) is 64.9 Å². The van der Waals surface area contributed by atoms with Gasteiger partial charge in [-0.1, -0.05) is 8.96 Å². The van der Waals surface area contributed by atoms with Crippen LogP contribution >= 0.6 is 0 Å². The minimum absolute atomic E-state index is 4.00. The van der Waals surface area contributed by atoms with E-state index >= 15 is 0 Å². The van der Waals surface area contributed by atoms with Crippen molar-refractivity contribution in [2.45, 2.75) is 66.0 Å². The predicted molar refractivity (Wildman–Crippen MR) is 59.2 cm³/mol. The van der Waals surface area contributed by atoms with E-state index < -0.39 is 71.4 Å². The van der Waals surface area contributed by atoms with Gasteiger partial charge in [-0.15, -0.1) is 0 Å². The first kappa shape index (κ1) is 33.4. The van der Waals surface area contributed by atoms with Crippen LogP contribution in [0.1, 0.15) is 6.42 Å². The third kappa shape index (κ3) is 4.39. The normalized spacial score (nSPS) is 16.8. The van der Waals surface area contributed by atoms with Crippen LogP contribution in [0.5, 0.6) is 0 Å². The van der Waals surface area contributed by atoms with E-state index in [9.17, 15) is 101 Å². The molecule has 0 aliphatic carbocycles. The summed E-state index contributed by atoms with van der Waals surface area (Å²) in [6.07, 6.45) is -13.1. The van der Waals surface area contributed by atoms with E-state index in [4.69, 9.17) is 0 Å². The average Bonchev–Trinajstić information content (AvgIpc) is 2.58. The molecule has 0 saturated heterocycles. The number of nitrogens with zero attached hydrogens (tertiary/aromatic N) is 1. The molecule has 0 aliphatic heterocycles. The van der Waals surface area contributed by atoms with Gasteiger partial charge >= 0.3 is 59.6 Å². The molecule has 0 aromatic heterocycles. The van der Waals surface area contributed by atoms with E-state index in [1.165, 1.54) is 0 Å². The molecule has 212 valence electrons. The SMILES string of the molecule is FN(F)C(F)(F)C(F)(F)CC(F)(F)C(F)(F)C(F)(F)C(F)(F)C(F)(F)C(F)(F)C(F)(F)C(F)(F)F. The smallest absolute Gasteiger partial charge is 0.199 e. The van der Waals surface area contributed by atoms with Gasteiger partial charge in [0, 0.05) is 0 Å². The lowest BCUT2D eigenvalue weighted by Gasteiger charge is -2.43. The molecule has 0 amide bonds. The summed E-state index contributed by atoms with van der Waals surface area (Å²) in [6, 6.07) is -7.30. The van der Waals surface area contributed by atoms with Crippen LogP contribution in [0.3, 0.4) is 0 Å². The topological polar surface area (TPSA) is 3.24 Å². The Hall–Kier alpha value is -1.65. The molecule has 0 radical (unpaired) electrons. The van der Waals surface area contributed by atoms with Crippen LogP contribution in [0.25, 0.3) is 0 Å². The highest BCUT2D eigenvalue weighted by Gasteiger charge is 2.95. The molecule has 24 heteroatoms. The first-order chi connectivity index (χ1) is 14.7. The van der Waals surface area contributed by atoms with Gasteiger partial charge in [0.15, 0.2) is 0 Å². The van der Waals surface area contributed by atoms with Crippen molar-refractivity contribution in [1.82, 2.24) is 5.34 Å². The predicted octanol–water partition coefficient (Wildman–Crippen LogP) is 7.69. The molecule has 0 saturated carbocycles. The van der Waals surface area contributed by atoms with Crippen LogP contribution in [0, 0.1) is 0 Å². The van der Waals surface area contributed by atoms with E-state index in [0.717, 1.165) is 0 Å². The quantitative estimate of drug-likeness (QED) is 0.145. The first-order valence-corrected chi connectivity index (χ1v) is 7.24.